The molecule has 12 aromatic rings. The first-order chi connectivity index (χ1) is 69.8. The molecule has 0 spiro atoms. The number of hydrogen-bond acceptors (Lipinski definition) is 35. The largest absolute Gasteiger partial charge is 0.474 e. The predicted molar refractivity (Wildman–Crippen MR) is 553 cm³/mol. The fourth-order valence-corrected chi connectivity index (χ4v) is 26.8. The molecule has 12 fully saturated rings. The third-order valence-corrected chi connectivity index (χ3v) is 34.6. The molecule has 0 amide bonds. The number of nitrogens with one attached hydrogen (secondary N) is 3. The zero-order chi connectivity index (χ0) is 96.0. The summed E-state index contributed by atoms with van der Waals surface area (Å²) in [5.74, 6) is 7.70. The van der Waals surface area contributed by atoms with Gasteiger partial charge in [0.05, 0.1) is 134 Å². The second kappa shape index (κ2) is 48.0. The van der Waals surface area contributed by atoms with Gasteiger partial charge in [0, 0.05) is 211 Å². The molecule has 4 saturated carbocycles. The van der Waals surface area contributed by atoms with Crippen LogP contribution in [-0.2, 0) is 70.6 Å². The number of ether oxygens (including phenoxy) is 9. The standard InChI is InChI=1S/C27H39N7O2S.C26H36N6O2S.C25H35N7O2S.C25H34N6O3S/c1-18(2)25-24-26(29-20-3-5-21(6-4-20)33-9-13-36-14-10-33)30-23(31-27(24)37-32-25)15-19-16-28-34(17-19)22-7-11-35-12-8-22;1-18-17-35-26-24(18)25(28-20-2-4-21(5-3-20)31-8-12-34-13-9-31)29-23(30-26)14-19-15-27-32(16-19)22-6-10-33-11-7-22;1-31-16-17(15-26-31)14-21-28-24(22-23(30-35-25(22)29-21)18-6-10-33-11-7-18)27-19-2-4-20(5-3-19)32-8-12-34-13-9-32;1-17-23-24(34-21-4-2-19(3-5-21)30-8-12-33-13-9-30)27-22(28-25(23)35-29-17)14-18-15-26-31(16-18)20-6-10-32-11-7-20/h16-18,20-22H,3-15H2,1-2H3,(H,29,30,31);15-17,20-22H,2-14H2,1H3,(H,28,29,30);15-16,18-20H,2-14H2,1H3,(H,27,28,29);15-16,19-21H,2-14H2,1H3. The molecule has 24 rings (SSSR count). The lowest BCUT2D eigenvalue weighted by atomic mass is 9.89. The van der Waals surface area contributed by atoms with Gasteiger partial charge in [-0.2, -0.15) is 38.5 Å². The second-order valence-corrected chi connectivity index (χ2v) is 44.4. The minimum Gasteiger partial charge on any atom is -0.474 e. The number of anilines is 3. The van der Waals surface area contributed by atoms with Crippen LogP contribution in [0.4, 0.5) is 17.5 Å². The van der Waals surface area contributed by atoms with Crippen molar-refractivity contribution in [2.45, 2.75) is 286 Å². The molecule has 0 radical (unpaired) electrons. The van der Waals surface area contributed by atoms with E-state index in [9.17, 15) is 0 Å². The predicted octanol–water partition coefficient (Wildman–Crippen LogP) is 15.5. The van der Waals surface area contributed by atoms with E-state index in [1.54, 1.807) is 11.3 Å². The van der Waals surface area contributed by atoms with Crippen molar-refractivity contribution in [3.05, 3.63) is 123 Å². The van der Waals surface area contributed by atoms with Crippen molar-refractivity contribution >= 4 is 104 Å². The number of hydrogen-bond donors (Lipinski definition) is 3. The Bertz CT molecular complexity index is 5820. The van der Waals surface area contributed by atoms with Crippen LogP contribution >= 0.6 is 45.9 Å². The van der Waals surface area contributed by atoms with Gasteiger partial charge in [-0.15, -0.1) is 11.3 Å². The first-order valence-electron chi connectivity index (χ1n) is 53.1. The van der Waals surface area contributed by atoms with Crippen molar-refractivity contribution in [1.82, 2.24) is 112 Å². The number of thiophene rings is 1. The first-order valence-corrected chi connectivity index (χ1v) is 56.3. The average molecular weight is 2020 g/mol. The maximum atomic E-state index is 6.56. The highest BCUT2D eigenvalue weighted by molar-refractivity contribution is 7.17. The summed E-state index contributed by atoms with van der Waals surface area (Å²) in [5.41, 5.74) is 9.02. The lowest BCUT2D eigenvalue weighted by molar-refractivity contribution is -0.00127. The number of aryl methyl sites for hydroxylation is 3. The summed E-state index contributed by atoms with van der Waals surface area (Å²) in [6.45, 7) is 30.6. The number of fused-ring (bicyclic) bond motifs is 4. The molecule has 0 bridgehead atoms. The van der Waals surface area contributed by atoms with Gasteiger partial charge in [0.1, 0.15) is 61.3 Å². The summed E-state index contributed by atoms with van der Waals surface area (Å²) in [6.07, 6.45) is 46.1. The average Bonchev–Trinajstić information content (AvgIpc) is 1.62. The smallest absolute Gasteiger partial charge is 0.227 e. The quantitative estimate of drug-likeness (QED) is 0.0478. The van der Waals surface area contributed by atoms with Crippen LogP contribution in [0.15, 0.2) is 55.0 Å². The zero-order valence-corrected chi connectivity index (χ0v) is 86.8. The summed E-state index contributed by atoms with van der Waals surface area (Å²) in [4.78, 5) is 54.2. The Balaban J connectivity index is 0.000000112. The van der Waals surface area contributed by atoms with E-state index in [0.29, 0.717) is 104 Å². The highest BCUT2D eigenvalue weighted by atomic mass is 32.1. The van der Waals surface area contributed by atoms with Crippen LogP contribution in [0.2, 0.25) is 0 Å². The van der Waals surface area contributed by atoms with Crippen molar-refractivity contribution in [2.24, 2.45) is 7.05 Å². The molecule has 3 N–H and O–H groups in total. The number of morpholine rings is 4. The third-order valence-electron chi connectivity index (χ3n) is 31.3. The molecule has 35 nitrogen and oxygen atoms in total. The van der Waals surface area contributed by atoms with E-state index in [-0.39, 0.29) is 6.10 Å². The Kier molecular flexibility index (Phi) is 33.6. The van der Waals surface area contributed by atoms with E-state index in [4.69, 9.17) is 91.3 Å². The Labute approximate surface area is 849 Å². The minimum atomic E-state index is 0.189. The fourth-order valence-electron chi connectivity index (χ4n) is 23.3. The maximum Gasteiger partial charge on any atom is 0.227 e. The van der Waals surface area contributed by atoms with E-state index in [2.05, 4.69) is 119 Å². The Morgan fingerprint density at radius 2 is 0.690 bits per heavy atom. The highest BCUT2D eigenvalue weighted by Crippen LogP contribution is 2.43. The van der Waals surface area contributed by atoms with Gasteiger partial charge in [0.15, 0.2) is 4.83 Å². The lowest BCUT2D eigenvalue weighted by Gasteiger charge is -2.39. The number of nitrogens with zero attached hydrogens (tertiary/aromatic N) is 23. The molecule has 0 aromatic carbocycles. The summed E-state index contributed by atoms with van der Waals surface area (Å²) in [7, 11) is 1.94. The van der Waals surface area contributed by atoms with Crippen LogP contribution < -0.4 is 20.7 Å². The minimum absolute atomic E-state index is 0.189. The Morgan fingerprint density at radius 1 is 0.345 bits per heavy atom. The first kappa shape index (κ1) is 99.5. The molecule has 764 valence electrons. The normalized spacial score (nSPS) is 24.6. The maximum absolute atomic E-state index is 6.56. The summed E-state index contributed by atoms with van der Waals surface area (Å²) in [5, 5.41) is 36.4. The second-order valence-electron chi connectivity index (χ2n) is 41.3. The van der Waals surface area contributed by atoms with Gasteiger partial charge in [-0.05, 0) is 242 Å². The van der Waals surface area contributed by atoms with Crippen molar-refractivity contribution in [3.63, 3.8) is 0 Å². The van der Waals surface area contributed by atoms with E-state index in [1.807, 2.05) is 49.6 Å². The van der Waals surface area contributed by atoms with Gasteiger partial charge in [0.25, 0.3) is 0 Å². The molecule has 8 aliphatic heterocycles. The van der Waals surface area contributed by atoms with Gasteiger partial charge >= 0.3 is 0 Å². The van der Waals surface area contributed by atoms with Crippen LogP contribution in [0.1, 0.15) is 266 Å². The molecule has 20 heterocycles. The molecule has 0 unspecified atom stereocenters. The molecule has 4 aliphatic carbocycles. The van der Waals surface area contributed by atoms with Crippen molar-refractivity contribution in [3.8, 4) is 5.88 Å². The van der Waals surface area contributed by atoms with Crippen molar-refractivity contribution in [1.29, 1.82) is 0 Å². The topological polar surface area (TPSA) is 345 Å². The van der Waals surface area contributed by atoms with Gasteiger partial charge in [-0.3, -0.25) is 38.3 Å². The Morgan fingerprint density at radius 3 is 1.11 bits per heavy atom. The summed E-state index contributed by atoms with van der Waals surface area (Å²) in [6, 6.07) is 5.32. The third kappa shape index (κ3) is 25.0. The van der Waals surface area contributed by atoms with Crippen LogP contribution in [0.3, 0.4) is 0 Å². The zero-order valence-electron chi connectivity index (χ0n) is 83.6. The molecule has 39 heteroatoms. The van der Waals surface area contributed by atoms with Crippen LogP contribution in [-0.4, -0.2) is 318 Å². The van der Waals surface area contributed by atoms with E-state index < -0.39 is 0 Å². The molecule has 8 saturated heterocycles. The van der Waals surface area contributed by atoms with Crippen LogP contribution in [0.25, 0.3) is 40.9 Å². The molecular weight excluding hydrogens is 1870 g/mol. The van der Waals surface area contributed by atoms with E-state index in [1.165, 1.54) is 102 Å². The lowest BCUT2D eigenvalue weighted by Crippen LogP contribution is -2.46. The number of rotatable bonds is 25. The SMILES string of the molecule is CC(C)c1nsc2nc(Cc3cnn(C4CCOCC4)c3)nc(NC3CCC(N4CCOCC4)CC3)c12.Cc1csc2nc(Cc3cnn(C4CCOCC4)c3)nc(NC3CCC(N4CCOCC4)CC3)c12.Cc1nsc2nc(Cc3cnn(C4CCOCC4)c3)nc(OC3CCC(N4CCOCC4)CC3)c12.Cn1cc(Cc2nc(NC3CCC(N4CCOCC4)CC3)c3c(C4CCOCC4)nsc3n2)cn1. The van der Waals surface area contributed by atoms with E-state index in [0.717, 1.165) is 371 Å². The van der Waals surface area contributed by atoms with Crippen molar-refractivity contribution < 1.29 is 42.6 Å². The summed E-state index contributed by atoms with van der Waals surface area (Å²) < 4.78 is 73.2. The monoisotopic (exact) mass is 2020 g/mol. The van der Waals surface area contributed by atoms with Gasteiger partial charge in [0.2, 0.25) is 5.88 Å². The van der Waals surface area contributed by atoms with Crippen molar-refractivity contribution in [2.75, 3.05) is 174 Å². The number of aromatic nitrogens is 19. The highest BCUT2D eigenvalue weighted by Gasteiger charge is 2.37. The van der Waals surface area contributed by atoms with Crippen LogP contribution in [0, 0.1) is 13.8 Å². The Hall–Kier alpha value is -8.49. The fraction of sp³-hybridized carbons (Fsp3) is 0.680. The van der Waals surface area contributed by atoms with Gasteiger partial charge in [-0.25, -0.2) is 34.9 Å². The van der Waals surface area contributed by atoms with Gasteiger partial charge in [-0.1, -0.05) is 13.8 Å². The molecule has 142 heavy (non-hydrogen) atoms. The molecule has 0 atom stereocenters. The molecular formula is C103H144N26O9S4. The summed E-state index contributed by atoms with van der Waals surface area (Å²) >= 11 is 6.15. The van der Waals surface area contributed by atoms with Gasteiger partial charge < -0.3 is 58.6 Å². The van der Waals surface area contributed by atoms with E-state index >= 15 is 0 Å². The molecule has 12 aromatic heterocycles. The van der Waals surface area contributed by atoms with Crippen LogP contribution in [0.5, 0.6) is 5.88 Å². The molecule has 12 aliphatic rings.